The van der Waals surface area contributed by atoms with Crippen LogP contribution in [0.25, 0.3) is 5.69 Å². The van der Waals surface area contributed by atoms with Crippen LogP contribution in [0.4, 0.5) is 0 Å². The van der Waals surface area contributed by atoms with Crippen LogP contribution in [-0.4, -0.2) is 37.5 Å². The number of nitrogens with one attached hydrogen (secondary N) is 1. The number of hydrogen-bond acceptors (Lipinski definition) is 4. The van der Waals surface area contributed by atoms with Gasteiger partial charge in [0, 0.05) is 0 Å². The molecule has 1 aliphatic carbocycles. The van der Waals surface area contributed by atoms with Gasteiger partial charge in [-0.1, -0.05) is 17.3 Å². The van der Waals surface area contributed by atoms with Crippen LogP contribution in [0.15, 0.2) is 24.3 Å². The predicted molar refractivity (Wildman–Crippen MR) is 87.1 cm³/mol. The Kier molecular flexibility index (Phi) is 4.09. The van der Waals surface area contributed by atoms with Crippen molar-refractivity contribution in [1.29, 1.82) is 0 Å². The molecule has 0 spiro atoms. The molecule has 0 bridgehead atoms. The second-order valence-electron chi connectivity index (χ2n) is 6.43. The Morgan fingerprint density at radius 2 is 2.08 bits per heavy atom. The molecular formula is C17H20N4O3. The summed E-state index contributed by atoms with van der Waals surface area (Å²) >= 11 is 0. The van der Waals surface area contributed by atoms with Crippen molar-refractivity contribution in [2.75, 3.05) is 0 Å². The van der Waals surface area contributed by atoms with Crippen LogP contribution < -0.4 is 5.32 Å². The highest BCUT2D eigenvalue weighted by Crippen LogP contribution is 2.35. The van der Waals surface area contributed by atoms with Gasteiger partial charge in [0.2, 0.25) is 0 Å². The van der Waals surface area contributed by atoms with Crippen LogP contribution in [0.1, 0.15) is 47.4 Å². The van der Waals surface area contributed by atoms with Crippen molar-refractivity contribution in [1.82, 2.24) is 20.3 Å². The smallest absolute Gasteiger partial charge is 0.305 e. The second kappa shape index (κ2) is 6.07. The summed E-state index contributed by atoms with van der Waals surface area (Å²) in [6.45, 7) is 3.76. The molecule has 1 aromatic heterocycles. The largest absolute Gasteiger partial charge is 0.481 e. The minimum absolute atomic E-state index is 0.0657. The number of rotatable bonds is 5. The number of amides is 1. The van der Waals surface area contributed by atoms with Crippen LogP contribution in [0.5, 0.6) is 0 Å². The lowest BCUT2D eigenvalue weighted by atomic mass is 9.74. The van der Waals surface area contributed by atoms with E-state index in [4.69, 9.17) is 5.11 Å². The minimum Gasteiger partial charge on any atom is -0.481 e. The molecule has 1 saturated carbocycles. The molecule has 0 unspecified atom stereocenters. The van der Waals surface area contributed by atoms with E-state index in [0.717, 1.165) is 17.7 Å². The minimum atomic E-state index is -0.907. The molecule has 0 atom stereocenters. The third-order valence-electron chi connectivity index (χ3n) is 4.53. The summed E-state index contributed by atoms with van der Waals surface area (Å²) in [5, 5.41) is 20.0. The van der Waals surface area contributed by atoms with Gasteiger partial charge in [-0.2, -0.15) is 0 Å². The molecule has 7 nitrogen and oxygen atoms in total. The van der Waals surface area contributed by atoms with E-state index >= 15 is 0 Å². The average Bonchev–Trinajstić information content (AvgIpc) is 2.86. The number of carbonyl (C=O) groups excluding carboxylic acids is 1. The Morgan fingerprint density at radius 3 is 2.67 bits per heavy atom. The highest BCUT2D eigenvalue weighted by atomic mass is 16.4. The SMILES string of the molecule is Cc1cccc(-n2nnc(C(=O)NC3(CC(=O)O)CCC3)c2C)c1. The lowest BCUT2D eigenvalue weighted by Gasteiger charge is -2.41. The van der Waals surface area contributed by atoms with E-state index in [1.54, 1.807) is 11.6 Å². The molecule has 2 N–H and O–H groups in total. The van der Waals surface area contributed by atoms with Crippen LogP contribution in [0, 0.1) is 13.8 Å². The topological polar surface area (TPSA) is 97.1 Å². The number of hydrogen-bond donors (Lipinski definition) is 2. The highest BCUT2D eigenvalue weighted by molar-refractivity contribution is 5.94. The Labute approximate surface area is 139 Å². The highest BCUT2D eigenvalue weighted by Gasteiger charge is 2.41. The first-order valence-corrected chi connectivity index (χ1v) is 7.94. The molecule has 0 aliphatic heterocycles. The maximum atomic E-state index is 12.5. The summed E-state index contributed by atoms with van der Waals surface area (Å²) in [7, 11) is 0. The van der Waals surface area contributed by atoms with Gasteiger partial charge in [-0.05, 0) is 50.8 Å². The molecule has 1 heterocycles. The fraction of sp³-hybridized carbons (Fsp3) is 0.412. The number of aromatic nitrogens is 3. The maximum Gasteiger partial charge on any atom is 0.305 e. The number of aryl methyl sites for hydroxylation is 1. The van der Waals surface area contributed by atoms with E-state index in [2.05, 4.69) is 15.6 Å². The maximum absolute atomic E-state index is 12.5. The third kappa shape index (κ3) is 3.02. The van der Waals surface area contributed by atoms with Gasteiger partial charge in [0.1, 0.15) is 0 Å². The van der Waals surface area contributed by atoms with Gasteiger partial charge in [0.15, 0.2) is 5.69 Å². The molecule has 1 amide bonds. The first-order valence-electron chi connectivity index (χ1n) is 7.94. The second-order valence-corrected chi connectivity index (χ2v) is 6.43. The predicted octanol–water partition coefficient (Wildman–Crippen LogP) is 2.01. The standard InChI is InChI=1S/C17H20N4O3/c1-11-5-3-6-13(9-11)21-12(2)15(19-20-21)16(24)18-17(7-4-8-17)10-14(22)23/h3,5-6,9H,4,7-8,10H2,1-2H3,(H,18,24)(H,22,23). The van der Waals surface area contributed by atoms with E-state index in [0.29, 0.717) is 18.5 Å². The lowest BCUT2D eigenvalue weighted by molar-refractivity contribution is -0.139. The van der Waals surface area contributed by atoms with E-state index < -0.39 is 11.5 Å². The molecule has 24 heavy (non-hydrogen) atoms. The van der Waals surface area contributed by atoms with Gasteiger partial charge in [-0.3, -0.25) is 9.59 Å². The first-order chi connectivity index (χ1) is 11.4. The quantitative estimate of drug-likeness (QED) is 0.875. The Balaban J connectivity index is 1.83. The van der Waals surface area contributed by atoms with Crippen LogP contribution in [-0.2, 0) is 4.79 Å². The van der Waals surface area contributed by atoms with Crippen molar-refractivity contribution in [2.45, 2.75) is 45.1 Å². The van der Waals surface area contributed by atoms with E-state index in [1.807, 2.05) is 31.2 Å². The molecule has 126 valence electrons. The van der Waals surface area contributed by atoms with Crippen molar-refractivity contribution in [3.8, 4) is 5.69 Å². The molecule has 2 aromatic rings. The fourth-order valence-corrected chi connectivity index (χ4v) is 3.08. The number of nitrogens with zero attached hydrogens (tertiary/aromatic N) is 3. The molecular weight excluding hydrogens is 308 g/mol. The van der Waals surface area contributed by atoms with Gasteiger partial charge >= 0.3 is 5.97 Å². The molecule has 0 radical (unpaired) electrons. The van der Waals surface area contributed by atoms with E-state index in [9.17, 15) is 9.59 Å². The van der Waals surface area contributed by atoms with E-state index in [1.165, 1.54) is 0 Å². The first kappa shape index (κ1) is 16.2. The van der Waals surface area contributed by atoms with Gasteiger partial charge in [-0.25, -0.2) is 4.68 Å². The number of carboxylic acids is 1. The third-order valence-corrected chi connectivity index (χ3v) is 4.53. The number of carbonyl (C=O) groups is 2. The Morgan fingerprint density at radius 1 is 1.33 bits per heavy atom. The zero-order valence-electron chi connectivity index (χ0n) is 13.7. The Hall–Kier alpha value is -2.70. The monoisotopic (exact) mass is 328 g/mol. The van der Waals surface area contributed by atoms with Gasteiger partial charge in [0.25, 0.3) is 5.91 Å². The van der Waals surface area contributed by atoms with Gasteiger partial charge in [-0.15, -0.1) is 5.10 Å². The van der Waals surface area contributed by atoms with Gasteiger partial charge < -0.3 is 10.4 Å². The summed E-state index contributed by atoms with van der Waals surface area (Å²) in [4.78, 5) is 23.6. The zero-order valence-corrected chi connectivity index (χ0v) is 13.7. The number of carboxylic acid groups (broad SMARTS) is 1. The molecule has 7 heteroatoms. The molecule has 0 saturated heterocycles. The van der Waals surface area contributed by atoms with Crippen molar-refractivity contribution in [2.24, 2.45) is 0 Å². The van der Waals surface area contributed by atoms with Crippen molar-refractivity contribution in [3.63, 3.8) is 0 Å². The molecule has 1 aromatic carbocycles. The summed E-state index contributed by atoms with van der Waals surface area (Å²) in [6.07, 6.45) is 2.21. The molecule has 3 rings (SSSR count). The zero-order chi connectivity index (χ0) is 17.3. The lowest BCUT2D eigenvalue weighted by Crippen LogP contribution is -2.54. The van der Waals surface area contributed by atoms with Crippen molar-refractivity contribution in [3.05, 3.63) is 41.2 Å². The number of benzene rings is 1. The normalized spacial score (nSPS) is 15.6. The fourth-order valence-electron chi connectivity index (χ4n) is 3.08. The molecule has 1 fully saturated rings. The Bertz CT molecular complexity index is 793. The average molecular weight is 328 g/mol. The summed E-state index contributed by atoms with van der Waals surface area (Å²) < 4.78 is 1.62. The summed E-state index contributed by atoms with van der Waals surface area (Å²) in [6, 6.07) is 7.76. The summed E-state index contributed by atoms with van der Waals surface area (Å²) in [5.74, 6) is -1.28. The van der Waals surface area contributed by atoms with Crippen molar-refractivity contribution < 1.29 is 14.7 Å². The van der Waals surface area contributed by atoms with Crippen molar-refractivity contribution >= 4 is 11.9 Å². The van der Waals surface area contributed by atoms with E-state index in [-0.39, 0.29) is 18.0 Å². The summed E-state index contributed by atoms with van der Waals surface area (Å²) in [5.41, 5.74) is 2.13. The van der Waals surface area contributed by atoms with Crippen LogP contribution in [0.2, 0.25) is 0 Å². The van der Waals surface area contributed by atoms with Gasteiger partial charge in [0.05, 0.1) is 23.3 Å². The van der Waals surface area contributed by atoms with Crippen LogP contribution in [0.3, 0.4) is 0 Å². The van der Waals surface area contributed by atoms with Crippen LogP contribution >= 0.6 is 0 Å². The number of aliphatic carboxylic acids is 1. The molecule has 1 aliphatic rings.